The second-order valence-electron chi connectivity index (χ2n) is 4.04. The van der Waals surface area contributed by atoms with Gasteiger partial charge in [0.2, 0.25) is 0 Å². The summed E-state index contributed by atoms with van der Waals surface area (Å²) in [6.45, 7) is 5.42. The van der Waals surface area contributed by atoms with Gasteiger partial charge in [0, 0.05) is 6.54 Å². The van der Waals surface area contributed by atoms with Crippen LogP contribution in [0.25, 0.3) is 0 Å². The molecule has 2 aliphatic heterocycles. The van der Waals surface area contributed by atoms with Crippen molar-refractivity contribution in [1.29, 1.82) is 0 Å². The summed E-state index contributed by atoms with van der Waals surface area (Å²) in [4.78, 5) is 0. The minimum atomic E-state index is 0.525. The molecule has 13 heavy (non-hydrogen) atoms. The third kappa shape index (κ3) is 2.66. The van der Waals surface area contributed by atoms with Crippen molar-refractivity contribution in [1.82, 2.24) is 10.6 Å². The first-order chi connectivity index (χ1) is 6.47. The highest BCUT2D eigenvalue weighted by atomic mass is 16.5. The Morgan fingerprint density at radius 1 is 0.846 bits per heavy atom. The van der Waals surface area contributed by atoms with Crippen LogP contribution in [0, 0.1) is 5.92 Å². The van der Waals surface area contributed by atoms with Crippen LogP contribution in [0.4, 0.5) is 0 Å². The largest absolute Gasteiger partial charge is 0.377 e. The molecule has 0 aromatic rings. The Kier molecular flexibility index (Phi) is 3.58. The van der Waals surface area contributed by atoms with Crippen molar-refractivity contribution in [3.63, 3.8) is 0 Å². The van der Waals surface area contributed by atoms with Crippen molar-refractivity contribution >= 4 is 0 Å². The topological polar surface area (TPSA) is 33.3 Å². The van der Waals surface area contributed by atoms with E-state index < -0.39 is 0 Å². The van der Waals surface area contributed by atoms with Gasteiger partial charge in [-0.3, -0.25) is 0 Å². The second-order valence-corrected chi connectivity index (χ2v) is 4.04. The molecule has 2 saturated heterocycles. The summed E-state index contributed by atoms with van der Waals surface area (Å²) < 4.78 is 5.85. The van der Waals surface area contributed by atoms with E-state index >= 15 is 0 Å². The fraction of sp³-hybridized carbons (Fsp3) is 1.00. The van der Waals surface area contributed by atoms with Crippen LogP contribution in [0.1, 0.15) is 19.3 Å². The quantitative estimate of drug-likeness (QED) is 0.617. The fourth-order valence-corrected chi connectivity index (χ4v) is 2.32. The molecule has 2 rings (SSSR count). The Labute approximate surface area is 80.2 Å². The normalized spacial score (nSPS) is 32.8. The molecule has 0 bridgehead atoms. The standard InChI is InChI=1S/C10H20N2O/c1-4-11-5-2-9(1)10-3-6-12-7-8-13-10/h9-12H,1-8H2. The Morgan fingerprint density at radius 3 is 2.38 bits per heavy atom. The first kappa shape index (κ1) is 9.44. The van der Waals surface area contributed by atoms with Gasteiger partial charge in [0.15, 0.2) is 0 Å². The van der Waals surface area contributed by atoms with Gasteiger partial charge in [0.05, 0.1) is 12.7 Å². The van der Waals surface area contributed by atoms with Crippen molar-refractivity contribution in [2.75, 3.05) is 32.8 Å². The van der Waals surface area contributed by atoms with Gasteiger partial charge in [-0.25, -0.2) is 0 Å². The van der Waals surface area contributed by atoms with Crippen molar-refractivity contribution < 1.29 is 4.74 Å². The predicted octanol–water partition coefficient (Wildman–Crippen LogP) is 0.364. The Morgan fingerprint density at radius 2 is 1.54 bits per heavy atom. The maximum atomic E-state index is 5.85. The van der Waals surface area contributed by atoms with Crippen LogP contribution in [-0.2, 0) is 4.74 Å². The summed E-state index contributed by atoms with van der Waals surface area (Å²) in [5.74, 6) is 0.807. The monoisotopic (exact) mass is 184 g/mol. The van der Waals surface area contributed by atoms with Crippen molar-refractivity contribution in [2.24, 2.45) is 5.92 Å². The summed E-state index contributed by atoms with van der Waals surface area (Å²) in [5.41, 5.74) is 0. The SMILES string of the molecule is C1COC(C2CCNCC2)CCN1. The predicted molar refractivity (Wildman–Crippen MR) is 52.8 cm³/mol. The molecule has 1 unspecified atom stereocenters. The zero-order valence-corrected chi connectivity index (χ0v) is 8.22. The summed E-state index contributed by atoms with van der Waals surface area (Å²) in [6, 6.07) is 0. The van der Waals surface area contributed by atoms with Gasteiger partial charge in [-0.2, -0.15) is 0 Å². The molecular weight excluding hydrogens is 164 g/mol. The maximum absolute atomic E-state index is 5.85. The fourth-order valence-electron chi connectivity index (χ4n) is 2.32. The van der Waals surface area contributed by atoms with Crippen LogP contribution in [0.3, 0.4) is 0 Å². The Bertz CT molecular complexity index is 138. The van der Waals surface area contributed by atoms with Gasteiger partial charge in [-0.05, 0) is 44.8 Å². The lowest BCUT2D eigenvalue weighted by atomic mass is 9.90. The van der Waals surface area contributed by atoms with E-state index in [1.807, 2.05) is 0 Å². The average Bonchev–Trinajstić information content (AvgIpc) is 2.47. The van der Waals surface area contributed by atoms with Crippen LogP contribution < -0.4 is 10.6 Å². The highest BCUT2D eigenvalue weighted by molar-refractivity contribution is 4.78. The minimum absolute atomic E-state index is 0.525. The number of hydrogen-bond donors (Lipinski definition) is 2. The third-order valence-electron chi connectivity index (χ3n) is 3.13. The van der Waals surface area contributed by atoms with Gasteiger partial charge >= 0.3 is 0 Å². The highest BCUT2D eigenvalue weighted by Gasteiger charge is 2.24. The maximum Gasteiger partial charge on any atom is 0.0617 e. The Hall–Kier alpha value is -0.120. The molecule has 3 heteroatoms. The summed E-state index contributed by atoms with van der Waals surface area (Å²) in [5, 5.41) is 6.77. The number of rotatable bonds is 1. The molecule has 0 aromatic carbocycles. The molecule has 0 aliphatic carbocycles. The van der Waals surface area contributed by atoms with Gasteiger partial charge in [-0.15, -0.1) is 0 Å². The van der Waals surface area contributed by atoms with Crippen molar-refractivity contribution in [2.45, 2.75) is 25.4 Å². The van der Waals surface area contributed by atoms with Crippen LogP contribution in [0.5, 0.6) is 0 Å². The van der Waals surface area contributed by atoms with Crippen molar-refractivity contribution in [3.8, 4) is 0 Å². The molecule has 1 atom stereocenters. The second kappa shape index (κ2) is 4.94. The van der Waals surface area contributed by atoms with E-state index in [1.165, 1.54) is 32.4 Å². The molecule has 0 spiro atoms. The number of hydrogen-bond acceptors (Lipinski definition) is 3. The van der Waals surface area contributed by atoms with E-state index in [-0.39, 0.29) is 0 Å². The van der Waals surface area contributed by atoms with Crippen LogP contribution in [-0.4, -0.2) is 38.9 Å². The molecule has 3 nitrogen and oxygen atoms in total. The molecule has 2 N–H and O–H groups in total. The van der Waals surface area contributed by atoms with E-state index in [0.29, 0.717) is 6.10 Å². The molecule has 0 saturated carbocycles. The van der Waals surface area contributed by atoms with E-state index in [9.17, 15) is 0 Å². The van der Waals surface area contributed by atoms with Gasteiger partial charge in [0.1, 0.15) is 0 Å². The van der Waals surface area contributed by atoms with E-state index in [2.05, 4.69) is 10.6 Å². The molecule has 2 heterocycles. The average molecular weight is 184 g/mol. The minimum Gasteiger partial charge on any atom is -0.377 e. The lowest BCUT2D eigenvalue weighted by Crippen LogP contribution is -2.35. The lowest BCUT2D eigenvalue weighted by molar-refractivity contribution is 0.0115. The lowest BCUT2D eigenvalue weighted by Gasteiger charge is -2.29. The van der Waals surface area contributed by atoms with Crippen molar-refractivity contribution in [3.05, 3.63) is 0 Å². The zero-order chi connectivity index (χ0) is 8.93. The number of piperidine rings is 1. The molecule has 2 aliphatic rings. The van der Waals surface area contributed by atoms with Crippen LogP contribution in [0.15, 0.2) is 0 Å². The van der Waals surface area contributed by atoms with E-state index in [0.717, 1.165) is 25.6 Å². The van der Waals surface area contributed by atoms with Gasteiger partial charge in [-0.1, -0.05) is 0 Å². The first-order valence-electron chi connectivity index (χ1n) is 5.50. The summed E-state index contributed by atoms with van der Waals surface area (Å²) >= 11 is 0. The van der Waals surface area contributed by atoms with Crippen LogP contribution >= 0.6 is 0 Å². The molecule has 2 fully saturated rings. The highest BCUT2D eigenvalue weighted by Crippen LogP contribution is 2.21. The molecule has 76 valence electrons. The van der Waals surface area contributed by atoms with Crippen LogP contribution in [0.2, 0.25) is 0 Å². The summed E-state index contributed by atoms with van der Waals surface area (Å²) in [7, 11) is 0. The molecule has 0 radical (unpaired) electrons. The first-order valence-corrected chi connectivity index (χ1v) is 5.50. The molecule has 0 amide bonds. The molecule has 0 aromatic heterocycles. The van der Waals surface area contributed by atoms with E-state index in [1.54, 1.807) is 0 Å². The summed E-state index contributed by atoms with van der Waals surface area (Å²) in [6.07, 6.45) is 4.32. The number of nitrogens with one attached hydrogen (secondary N) is 2. The van der Waals surface area contributed by atoms with E-state index in [4.69, 9.17) is 4.74 Å². The third-order valence-corrected chi connectivity index (χ3v) is 3.13. The Balaban J connectivity index is 1.82. The number of ether oxygens (including phenoxy) is 1. The van der Waals surface area contributed by atoms with Gasteiger partial charge in [0.25, 0.3) is 0 Å². The van der Waals surface area contributed by atoms with Gasteiger partial charge < -0.3 is 15.4 Å². The zero-order valence-electron chi connectivity index (χ0n) is 8.22. The molecular formula is C10H20N2O. The smallest absolute Gasteiger partial charge is 0.0617 e.